The van der Waals surface area contributed by atoms with Crippen molar-refractivity contribution in [3.63, 3.8) is 0 Å². The molecule has 0 unspecified atom stereocenters. The van der Waals surface area contributed by atoms with Crippen LogP contribution in [0.15, 0.2) is 48.5 Å². The van der Waals surface area contributed by atoms with Crippen molar-refractivity contribution in [2.45, 2.75) is 57.7 Å². The third-order valence-electron chi connectivity index (χ3n) is 8.32. The number of benzene rings is 2. The highest BCUT2D eigenvalue weighted by molar-refractivity contribution is 6.30. The van der Waals surface area contributed by atoms with Gasteiger partial charge >= 0.3 is 0 Å². The zero-order chi connectivity index (χ0) is 30.2. The first-order valence-electron chi connectivity index (χ1n) is 15.2. The molecule has 2 fully saturated rings. The number of hydrogen-bond acceptors (Lipinski definition) is 7. The van der Waals surface area contributed by atoms with Gasteiger partial charge in [-0.25, -0.2) is 10.0 Å². The molecule has 4 N–H and O–H groups in total. The number of piperidine rings is 1. The Kier molecular flexibility index (Phi) is 11.6. The van der Waals surface area contributed by atoms with Crippen LogP contribution in [0.25, 0.3) is 0 Å². The number of aromatic hydroxyl groups is 1. The van der Waals surface area contributed by atoms with Crippen molar-refractivity contribution in [1.29, 1.82) is 0 Å². The Balaban J connectivity index is 1.42. The van der Waals surface area contributed by atoms with Gasteiger partial charge in [-0.05, 0) is 49.6 Å². The van der Waals surface area contributed by atoms with Crippen LogP contribution in [0.1, 0.15) is 50.3 Å². The number of hydrogen-bond donors (Lipinski definition) is 3. The summed E-state index contributed by atoms with van der Waals surface area (Å²) in [5.41, 5.74) is 7.68. The minimum atomic E-state index is -0.726. The third-order valence-corrected chi connectivity index (χ3v) is 8.57. The van der Waals surface area contributed by atoms with E-state index in [1.54, 1.807) is 36.4 Å². The molecule has 0 aliphatic carbocycles. The fourth-order valence-electron chi connectivity index (χ4n) is 5.95. The second-order valence-electron chi connectivity index (χ2n) is 12.1. The number of likely N-dealkylation sites (tertiary alicyclic amines) is 1. The average Bonchev–Trinajstić information content (AvgIpc) is 2.97. The zero-order valence-electron chi connectivity index (χ0n) is 25.2. The number of nitrogens with zero attached hydrogens (tertiary/aromatic N) is 4. The number of likely N-dealkylation sites (N-methyl/N-ethyl adjacent to an activating group) is 1. The first-order chi connectivity index (χ1) is 20.1. The van der Waals surface area contributed by atoms with E-state index in [0.29, 0.717) is 42.1 Å². The molecule has 4 rings (SSSR count). The van der Waals surface area contributed by atoms with E-state index >= 15 is 0 Å². The minimum absolute atomic E-state index is 0.0424. The summed E-state index contributed by atoms with van der Waals surface area (Å²) in [4.78, 5) is 31.3. The first-order valence-corrected chi connectivity index (χ1v) is 15.5. The summed E-state index contributed by atoms with van der Waals surface area (Å²) in [6.45, 7) is 11.0. The molecular weight excluding hydrogens is 552 g/mol. The molecule has 0 saturated carbocycles. The van der Waals surface area contributed by atoms with Crippen LogP contribution < -0.4 is 11.1 Å². The van der Waals surface area contributed by atoms with Gasteiger partial charge < -0.3 is 26.0 Å². The lowest BCUT2D eigenvalue weighted by Crippen LogP contribution is -2.60. The average molecular weight is 599 g/mol. The molecule has 2 heterocycles. The summed E-state index contributed by atoms with van der Waals surface area (Å²) in [6, 6.07) is 13.1. The summed E-state index contributed by atoms with van der Waals surface area (Å²) < 4.78 is 0. The molecule has 0 spiro atoms. The molecular formula is C32H47ClN6O3. The summed E-state index contributed by atoms with van der Waals surface area (Å²) in [5.74, 6) is 0.194. The zero-order valence-corrected chi connectivity index (χ0v) is 26.0. The van der Waals surface area contributed by atoms with Crippen molar-refractivity contribution in [3.05, 3.63) is 64.7 Å². The summed E-state index contributed by atoms with van der Waals surface area (Å²) >= 11 is 6.09. The maximum atomic E-state index is 13.9. The van der Waals surface area contributed by atoms with Crippen LogP contribution in [0, 0.1) is 5.92 Å². The summed E-state index contributed by atoms with van der Waals surface area (Å²) in [6.07, 6.45) is 2.10. The predicted molar refractivity (Wildman–Crippen MR) is 167 cm³/mol. The molecule has 0 aromatic heterocycles. The standard InChI is InChI=1S/C32H47ClN6O3/c1-23(2)22-39(38-18-16-36(3)17-19-38)26-12-14-37(15-13-26)32(42)29(20-24-8-10-25(33)11-9-24)35-31(41)21-28(34)27-6-4-5-7-30(27)40/h4-11,23,26,28-29,40H,12-22,34H2,1-3H3,(H,35,41)/t28-,29-/m1/s1. The number of rotatable bonds is 11. The van der Waals surface area contributed by atoms with Crippen LogP contribution in [0.2, 0.25) is 5.02 Å². The Morgan fingerprint density at radius 2 is 1.67 bits per heavy atom. The van der Waals surface area contributed by atoms with E-state index in [-0.39, 0.29) is 24.0 Å². The number of para-hydroxylation sites is 1. The van der Waals surface area contributed by atoms with E-state index in [0.717, 1.165) is 51.1 Å². The fourth-order valence-corrected chi connectivity index (χ4v) is 6.07. The Labute approximate surface area is 255 Å². The minimum Gasteiger partial charge on any atom is -0.508 e. The highest BCUT2D eigenvalue weighted by Crippen LogP contribution is 2.25. The number of nitrogens with one attached hydrogen (secondary N) is 1. The molecule has 2 aliphatic rings. The Hall–Kier alpha value is -2.69. The van der Waals surface area contributed by atoms with Gasteiger partial charge in [0.1, 0.15) is 11.8 Å². The van der Waals surface area contributed by atoms with E-state index < -0.39 is 12.1 Å². The van der Waals surface area contributed by atoms with Crippen LogP contribution in [0.4, 0.5) is 0 Å². The molecule has 2 atom stereocenters. The number of halogens is 1. The Morgan fingerprint density at radius 3 is 2.29 bits per heavy atom. The second kappa shape index (κ2) is 15.2. The maximum absolute atomic E-state index is 13.9. The quantitative estimate of drug-likeness (QED) is 0.365. The van der Waals surface area contributed by atoms with E-state index in [9.17, 15) is 14.7 Å². The lowest BCUT2D eigenvalue weighted by atomic mass is 9.99. The van der Waals surface area contributed by atoms with Gasteiger partial charge in [0.25, 0.3) is 0 Å². The monoisotopic (exact) mass is 598 g/mol. The Morgan fingerprint density at radius 1 is 1.02 bits per heavy atom. The molecule has 2 aromatic rings. The number of phenolic OH excluding ortho intramolecular Hbond substituents is 1. The van der Waals surface area contributed by atoms with Crippen molar-refractivity contribution < 1.29 is 14.7 Å². The summed E-state index contributed by atoms with van der Waals surface area (Å²) in [7, 11) is 2.17. The van der Waals surface area contributed by atoms with Gasteiger partial charge in [-0.2, -0.15) is 0 Å². The maximum Gasteiger partial charge on any atom is 0.245 e. The molecule has 10 heteroatoms. The number of nitrogens with two attached hydrogens (primary N) is 1. The molecule has 0 bridgehead atoms. The van der Waals surface area contributed by atoms with Crippen molar-refractivity contribution in [1.82, 2.24) is 25.1 Å². The van der Waals surface area contributed by atoms with Gasteiger partial charge in [0.15, 0.2) is 0 Å². The topological polar surface area (TPSA) is 105 Å². The van der Waals surface area contributed by atoms with Crippen LogP contribution in [-0.4, -0.2) is 102 Å². The molecule has 2 saturated heterocycles. The predicted octanol–water partition coefficient (Wildman–Crippen LogP) is 3.27. The number of amides is 2. The van der Waals surface area contributed by atoms with Crippen LogP contribution >= 0.6 is 11.6 Å². The molecule has 230 valence electrons. The number of phenols is 1. The molecule has 2 aliphatic heterocycles. The normalized spacial score (nSPS) is 18.8. The van der Waals surface area contributed by atoms with Crippen molar-refractivity contribution >= 4 is 23.4 Å². The van der Waals surface area contributed by atoms with Crippen molar-refractivity contribution in [3.8, 4) is 5.75 Å². The SMILES string of the molecule is CC(C)CN(C1CCN(C(=O)[C@@H](Cc2ccc(Cl)cc2)NC(=O)C[C@@H](N)c2ccccc2O)CC1)N1CCN(C)CC1. The Bertz CT molecular complexity index is 1160. The summed E-state index contributed by atoms with van der Waals surface area (Å²) in [5, 5.41) is 18.8. The molecule has 9 nitrogen and oxygen atoms in total. The van der Waals surface area contributed by atoms with Gasteiger partial charge in [0, 0.05) is 81.3 Å². The van der Waals surface area contributed by atoms with Crippen molar-refractivity contribution in [2.75, 3.05) is 52.9 Å². The highest BCUT2D eigenvalue weighted by Gasteiger charge is 2.34. The lowest BCUT2D eigenvalue weighted by molar-refractivity contribution is -0.140. The number of hydrazine groups is 1. The smallest absolute Gasteiger partial charge is 0.245 e. The fraction of sp³-hybridized carbons (Fsp3) is 0.562. The molecule has 0 radical (unpaired) electrons. The number of carbonyl (C=O) groups excluding carboxylic acids is 2. The molecule has 42 heavy (non-hydrogen) atoms. The third kappa shape index (κ3) is 8.91. The van der Waals surface area contributed by atoms with E-state index in [1.807, 2.05) is 17.0 Å². The lowest BCUT2D eigenvalue weighted by Gasteiger charge is -2.47. The highest BCUT2D eigenvalue weighted by atomic mass is 35.5. The molecule has 2 aromatic carbocycles. The van der Waals surface area contributed by atoms with E-state index in [1.165, 1.54) is 0 Å². The van der Waals surface area contributed by atoms with Crippen molar-refractivity contribution in [2.24, 2.45) is 11.7 Å². The second-order valence-corrected chi connectivity index (χ2v) is 12.6. The number of piperazine rings is 1. The van der Waals surface area contributed by atoms with Gasteiger partial charge in [-0.15, -0.1) is 0 Å². The van der Waals surface area contributed by atoms with Crippen LogP contribution in [0.3, 0.4) is 0 Å². The first kappa shape index (κ1) is 32.2. The van der Waals surface area contributed by atoms with Gasteiger partial charge in [-0.1, -0.05) is 55.8 Å². The van der Waals surface area contributed by atoms with E-state index in [4.69, 9.17) is 17.3 Å². The molecule has 2 amide bonds. The number of carbonyl (C=O) groups is 2. The van der Waals surface area contributed by atoms with Gasteiger partial charge in [0.05, 0.1) is 0 Å². The van der Waals surface area contributed by atoms with Gasteiger partial charge in [0.2, 0.25) is 11.8 Å². The van der Waals surface area contributed by atoms with E-state index in [2.05, 4.69) is 41.1 Å². The largest absolute Gasteiger partial charge is 0.508 e. The van der Waals surface area contributed by atoms with Crippen LogP contribution in [0.5, 0.6) is 5.75 Å². The van der Waals surface area contributed by atoms with Gasteiger partial charge in [-0.3, -0.25) is 9.59 Å². The van der Waals surface area contributed by atoms with Crippen LogP contribution in [-0.2, 0) is 16.0 Å².